The Morgan fingerprint density at radius 3 is 0.833 bits per heavy atom. The Hall–Kier alpha value is -13.7. The third-order valence-electron chi connectivity index (χ3n) is 21.5. The van der Waals surface area contributed by atoms with Gasteiger partial charge in [-0.3, -0.25) is 38.4 Å². The van der Waals surface area contributed by atoms with E-state index in [4.69, 9.17) is 65.4 Å². The molecule has 0 spiro atoms. The lowest BCUT2D eigenvalue weighted by atomic mass is 10.1. The monoisotopic (exact) mass is 2030 g/mol. The molecule has 4 saturated heterocycles. The van der Waals surface area contributed by atoms with Crippen molar-refractivity contribution in [3.8, 4) is 0 Å². The predicted octanol–water partition coefficient (Wildman–Crippen LogP) is 17.6. The number of carbonyl (C=O) groups is 8. The topological polar surface area (TPSA) is 419 Å². The van der Waals surface area contributed by atoms with Crippen LogP contribution in [-0.2, 0) is 59.0 Å². The second-order valence-electron chi connectivity index (χ2n) is 31.3. The highest BCUT2D eigenvalue weighted by Gasteiger charge is 2.33. The number of benzene rings is 12. The molecule has 0 saturated carbocycles. The summed E-state index contributed by atoms with van der Waals surface area (Å²) in [4.78, 5) is 102. The van der Waals surface area contributed by atoms with E-state index >= 15 is 0 Å². The molecule has 8 N–H and O–H groups in total. The van der Waals surface area contributed by atoms with Crippen molar-refractivity contribution in [3.05, 3.63) is 353 Å². The number of anilines is 12. The molecule has 4 aliphatic rings. The molecule has 138 heavy (non-hydrogen) atoms. The van der Waals surface area contributed by atoms with Crippen LogP contribution >= 0.6 is 46.4 Å². The van der Waals surface area contributed by atoms with E-state index < -0.39 is 57.7 Å². The highest BCUT2D eigenvalue weighted by molar-refractivity contribution is 7.93. The van der Waals surface area contributed by atoms with Crippen molar-refractivity contribution in [2.45, 2.75) is 34.6 Å². The Balaban J connectivity index is 0.000000155. The number of nitrogens with one attached hydrogen (secondary N) is 8. The van der Waals surface area contributed by atoms with Gasteiger partial charge in [-0.15, -0.1) is 0 Å². The van der Waals surface area contributed by atoms with Gasteiger partial charge in [0.25, 0.3) is 47.3 Å². The van der Waals surface area contributed by atoms with Crippen LogP contribution in [-0.4, -0.2) is 157 Å². The maximum Gasteiger partial charge on any atom is 0.258 e. The Bertz CT molecular complexity index is 6780. The van der Waals surface area contributed by atoms with Gasteiger partial charge >= 0.3 is 0 Å². The highest BCUT2D eigenvalue weighted by Crippen LogP contribution is 2.35. The quantitative estimate of drug-likeness (QED) is 0.0351. The van der Waals surface area contributed by atoms with Gasteiger partial charge in [0.05, 0.1) is 99.2 Å². The largest absolute Gasteiger partial charge is 0.359 e. The van der Waals surface area contributed by atoms with Crippen molar-refractivity contribution in [1.29, 1.82) is 0 Å². The SMILES string of the molecule is Cc1cc(N2COCCS2(=O)=O)ccc1C(=O)Nc1ccc(Cl)c(NC(=O)c2ccccc2)c1.Cc1ccc(NC(=O)c2ccc(N3COCCS3(=O)=O)cc2C)cc1NC(=O)c1cccc(Cl)c1.Cc1ccc(NC(=O)c2ccc(N3COCCS3(=O)=O)cc2C)cc1NC(=O)c1ccccc1.O=C(Nc1cc(NC(=O)c2ccc(N3COCCS3(=O)=O)cc2F)ccc1Cl)c1cccc(Cl)c1. The molecule has 0 bridgehead atoms. The average Bonchev–Trinajstić information content (AvgIpc) is 0.801. The van der Waals surface area contributed by atoms with Crippen LogP contribution in [0.15, 0.2) is 255 Å². The van der Waals surface area contributed by atoms with E-state index in [-0.39, 0.29) is 139 Å². The van der Waals surface area contributed by atoms with Gasteiger partial charge in [0, 0.05) is 83.1 Å². The molecular weight excluding hydrogens is 1940 g/mol. The predicted molar refractivity (Wildman–Crippen MR) is 533 cm³/mol. The van der Waals surface area contributed by atoms with Crippen LogP contribution in [0.2, 0.25) is 20.1 Å². The second-order valence-corrected chi connectivity index (χ2v) is 41.0. The number of aryl methyl sites for hydroxylation is 5. The van der Waals surface area contributed by atoms with Gasteiger partial charge in [0.2, 0.25) is 40.1 Å². The molecule has 32 nitrogen and oxygen atoms in total. The van der Waals surface area contributed by atoms with Crippen molar-refractivity contribution in [2.75, 3.05) is 136 Å². The van der Waals surface area contributed by atoms with Gasteiger partial charge < -0.3 is 61.5 Å². The standard InChI is InChI=1S/C25H24ClN3O5S.C25H25N3O5S.C24H22ClN3O5S.C23H18Cl2FN3O5S/c1-16-6-7-20(14-23(16)28-24(30)18-4-3-5-19(26)13-18)27-25(31)22-9-8-21(12-17(22)2)29-15-34-10-11-35(29,32)33;1-17-8-9-20(15-23(17)27-24(29)19-6-4-3-5-7-19)26-25(30)22-11-10-21(14-18(22)2)28-16-33-12-13-34(28,31)32;1-16-13-19(28-15-33-11-12-34(28,31)32)8-9-20(16)24(30)26-18-7-10-21(25)22(14-18)27-23(29)17-5-3-2-4-6-17;24-15-3-1-2-14(10-15)22(30)28-21-11-16(4-7-19(21)25)27-23(31)18-6-5-17(12-20(18)26)29-13-34-8-9-35(29,32)33/h3-9,12-14H,10-11,15H2,1-2H3,(H,27,31)(H,28,30);3-11,14-15H,12-13,16H2,1-2H3,(H,26,30)(H,27,29);2-10,13-14H,11-12,15H2,1H3,(H,26,30)(H,27,29);1-7,10-12H,8-9,13H2,(H,27,31)(H,28,30). The maximum absolute atomic E-state index is 14.7. The zero-order valence-electron chi connectivity index (χ0n) is 74.2. The van der Waals surface area contributed by atoms with Gasteiger partial charge in [-0.2, -0.15) is 0 Å². The van der Waals surface area contributed by atoms with E-state index in [1.807, 2.05) is 32.0 Å². The molecule has 0 aliphatic carbocycles. The van der Waals surface area contributed by atoms with Gasteiger partial charge in [-0.25, -0.2) is 55.3 Å². The molecule has 12 aromatic carbocycles. The molecule has 16 rings (SSSR count). The van der Waals surface area contributed by atoms with E-state index in [0.29, 0.717) is 122 Å². The minimum absolute atomic E-state index is 0.0475. The zero-order chi connectivity index (χ0) is 98.9. The number of carbonyl (C=O) groups excluding carboxylic acids is 8. The summed E-state index contributed by atoms with van der Waals surface area (Å²) < 4.78 is 139. The highest BCUT2D eigenvalue weighted by atomic mass is 35.5. The Labute approximate surface area is 815 Å². The fourth-order valence-corrected chi connectivity index (χ4v) is 19.6. The van der Waals surface area contributed by atoms with Crippen LogP contribution < -0.4 is 59.8 Å². The summed E-state index contributed by atoms with van der Waals surface area (Å²) >= 11 is 24.3. The van der Waals surface area contributed by atoms with Crippen molar-refractivity contribution in [3.63, 3.8) is 0 Å². The minimum atomic E-state index is -3.63. The molecule has 8 amide bonds. The molecular formula is C97H89Cl4FN12O20S4. The lowest BCUT2D eigenvalue weighted by Crippen LogP contribution is -2.41. The third kappa shape index (κ3) is 26.2. The Morgan fingerprint density at radius 1 is 0.268 bits per heavy atom. The lowest BCUT2D eigenvalue weighted by molar-refractivity contribution is 0.101. The molecule has 0 radical (unpaired) electrons. The van der Waals surface area contributed by atoms with Crippen molar-refractivity contribution in [1.82, 2.24) is 0 Å². The number of nitrogens with zero attached hydrogens (tertiary/aromatic N) is 4. The van der Waals surface area contributed by atoms with Crippen LogP contribution in [0.25, 0.3) is 0 Å². The number of hydrogen-bond acceptors (Lipinski definition) is 20. The maximum atomic E-state index is 14.7. The first-order valence-corrected chi connectivity index (χ1v) is 50.1. The Kier molecular flexibility index (Phi) is 33.2. The number of rotatable bonds is 20. The van der Waals surface area contributed by atoms with Gasteiger partial charge in [0.1, 0.15) is 32.7 Å². The number of amides is 8. The Morgan fingerprint density at radius 2 is 0.536 bits per heavy atom. The third-order valence-corrected chi connectivity index (χ3v) is 29.3. The minimum Gasteiger partial charge on any atom is -0.359 e. The van der Waals surface area contributed by atoms with E-state index in [9.17, 15) is 76.4 Å². The molecule has 41 heteroatoms. The fraction of sp³-hybridized carbons (Fsp3) is 0.175. The van der Waals surface area contributed by atoms with E-state index in [1.54, 1.807) is 215 Å². The van der Waals surface area contributed by atoms with Crippen LogP contribution in [0.4, 0.5) is 72.6 Å². The number of sulfonamides is 4. The summed E-state index contributed by atoms with van der Waals surface area (Å²) in [6.45, 7) is 9.08. The van der Waals surface area contributed by atoms with Crippen LogP contribution in [0.5, 0.6) is 0 Å². The van der Waals surface area contributed by atoms with Crippen molar-refractivity contribution >= 4 is 202 Å². The summed E-state index contributed by atoms with van der Waals surface area (Å²) in [7, 11) is -14.0. The molecule has 0 aromatic heterocycles. The molecule has 0 atom stereocenters. The number of ether oxygens (including phenoxy) is 4. The van der Waals surface area contributed by atoms with Gasteiger partial charge in [-0.05, 0) is 257 Å². The van der Waals surface area contributed by atoms with Crippen LogP contribution in [0.3, 0.4) is 0 Å². The fourth-order valence-electron chi connectivity index (χ4n) is 14.0. The van der Waals surface area contributed by atoms with E-state index in [2.05, 4.69) is 42.5 Å². The number of halogens is 5. The van der Waals surface area contributed by atoms with Gasteiger partial charge in [-0.1, -0.05) is 107 Å². The molecule has 4 fully saturated rings. The molecule has 12 aromatic rings. The van der Waals surface area contributed by atoms with Gasteiger partial charge in [0.15, 0.2) is 0 Å². The summed E-state index contributed by atoms with van der Waals surface area (Å²) in [6.07, 6.45) is 0. The first-order chi connectivity index (χ1) is 65.8. The molecule has 4 heterocycles. The zero-order valence-corrected chi connectivity index (χ0v) is 80.5. The average molecular weight is 2030 g/mol. The van der Waals surface area contributed by atoms with Crippen LogP contribution in [0.1, 0.15) is 111 Å². The number of hydrogen-bond donors (Lipinski definition) is 8. The van der Waals surface area contributed by atoms with Crippen molar-refractivity contribution < 1.29 is 95.4 Å². The summed E-state index contributed by atoms with van der Waals surface area (Å²) in [5, 5.41) is 23.5. The molecule has 716 valence electrons. The van der Waals surface area contributed by atoms with Crippen LogP contribution in [0, 0.1) is 40.4 Å². The van der Waals surface area contributed by atoms with E-state index in [1.165, 1.54) is 49.3 Å². The first-order valence-electron chi connectivity index (χ1n) is 42.1. The summed E-state index contributed by atoms with van der Waals surface area (Å²) in [5.41, 5.74) is 11.0. The summed E-state index contributed by atoms with van der Waals surface area (Å²) in [6, 6.07) is 68.0. The normalized spacial score (nSPS) is 14.9. The smallest absolute Gasteiger partial charge is 0.258 e. The molecule has 4 aliphatic heterocycles. The summed E-state index contributed by atoms with van der Waals surface area (Å²) in [5.74, 6) is -4.59. The first kappa shape index (κ1) is 102. The lowest BCUT2D eigenvalue weighted by Gasteiger charge is -2.28. The van der Waals surface area contributed by atoms with Crippen molar-refractivity contribution in [2.24, 2.45) is 0 Å². The second kappa shape index (κ2) is 45.1. The van der Waals surface area contributed by atoms with E-state index in [0.717, 1.165) is 21.5 Å². The molecule has 0 unspecified atom stereocenters.